The van der Waals surface area contributed by atoms with E-state index < -0.39 is 0 Å². The molecule has 1 aromatic heterocycles. The number of benzene rings is 2. The third kappa shape index (κ3) is 4.48. The van der Waals surface area contributed by atoms with E-state index in [1.165, 1.54) is 5.69 Å². The van der Waals surface area contributed by atoms with Crippen LogP contribution in [0.25, 0.3) is 11.4 Å². The summed E-state index contributed by atoms with van der Waals surface area (Å²) in [5.74, 6) is 1.43. The summed E-state index contributed by atoms with van der Waals surface area (Å²) >= 11 is 5.35. The number of nitrogens with one attached hydrogen (secondary N) is 1. The second kappa shape index (κ2) is 9.32. The first-order valence-corrected chi connectivity index (χ1v) is 9.87. The predicted molar refractivity (Wildman–Crippen MR) is 117 cm³/mol. The summed E-state index contributed by atoms with van der Waals surface area (Å²) in [7, 11) is 0. The molecule has 0 fully saturated rings. The topological polar surface area (TPSA) is 58.4 Å². The maximum absolute atomic E-state index is 5.58. The van der Waals surface area contributed by atoms with Gasteiger partial charge in [-0.1, -0.05) is 24.3 Å². The van der Waals surface area contributed by atoms with E-state index in [0.29, 0.717) is 17.2 Å². The van der Waals surface area contributed by atoms with Crippen LogP contribution in [-0.4, -0.2) is 40.8 Å². The first-order valence-electron chi connectivity index (χ1n) is 9.46. The van der Waals surface area contributed by atoms with Crippen molar-refractivity contribution in [2.45, 2.75) is 20.8 Å². The zero-order valence-corrected chi connectivity index (χ0v) is 17.2. The SMILES string of the molecule is CCOc1cccc(-c2n[nH]c(=S)n2/N=C\c2ccc(N(CC)CC)cc2)c1. The third-order valence-corrected chi connectivity index (χ3v) is 4.66. The number of anilines is 1. The van der Waals surface area contributed by atoms with Crippen molar-refractivity contribution in [3.8, 4) is 17.1 Å². The predicted octanol–water partition coefficient (Wildman–Crippen LogP) is 4.73. The number of hydrogen-bond acceptors (Lipinski definition) is 5. The molecule has 0 amide bonds. The van der Waals surface area contributed by atoms with Gasteiger partial charge in [-0.25, -0.2) is 5.10 Å². The summed E-state index contributed by atoms with van der Waals surface area (Å²) in [5.41, 5.74) is 3.08. The van der Waals surface area contributed by atoms with Crippen LogP contribution in [0, 0.1) is 4.77 Å². The standard InChI is InChI=1S/C21H25N5OS/c1-4-25(5-2)18-12-10-16(11-13-18)15-22-26-20(23-24-21(26)28)17-8-7-9-19(14-17)27-6-3/h7-15H,4-6H2,1-3H3,(H,24,28)/b22-15-. The second-order valence-electron chi connectivity index (χ2n) is 6.13. The monoisotopic (exact) mass is 395 g/mol. The molecule has 0 atom stereocenters. The highest BCUT2D eigenvalue weighted by atomic mass is 32.1. The highest BCUT2D eigenvalue weighted by Gasteiger charge is 2.09. The highest BCUT2D eigenvalue weighted by Crippen LogP contribution is 2.22. The smallest absolute Gasteiger partial charge is 0.216 e. The molecule has 1 heterocycles. The Labute approximate surface area is 170 Å². The molecule has 0 unspecified atom stereocenters. The Morgan fingerprint density at radius 3 is 2.57 bits per heavy atom. The zero-order chi connectivity index (χ0) is 19.9. The third-order valence-electron chi connectivity index (χ3n) is 4.40. The lowest BCUT2D eigenvalue weighted by atomic mass is 10.2. The van der Waals surface area contributed by atoms with E-state index in [4.69, 9.17) is 17.0 Å². The maximum Gasteiger partial charge on any atom is 0.216 e. The zero-order valence-electron chi connectivity index (χ0n) is 16.4. The molecule has 0 aliphatic heterocycles. The van der Waals surface area contributed by atoms with Gasteiger partial charge in [-0.05, 0) is 62.8 Å². The summed E-state index contributed by atoms with van der Waals surface area (Å²) in [4.78, 5) is 2.30. The number of ether oxygens (including phenoxy) is 1. The Balaban J connectivity index is 1.86. The van der Waals surface area contributed by atoms with Crippen molar-refractivity contribution in [3.63, 3.8) is 0 Å². The number of aromatic nitrogens is 3. The van der Waals surface area contributed by atoms with E-state index in [0.717, 1.165) is 30.0 Å². The lowest BCUT2D eigenvalue weighted by Gasteiger charge is -2.20. The number of hydrogen-bond donors (Lipinski definition) is 1. The Morgan fingerprint density at radius 1 is 1.14 bits per heavy atom. The molecule has 3 rings (SSSR count). The minimum absolute atomic E-state index is 0.438. The van der Waals surface area contributed by atoms with Gasteiger partial charge in [0.05, 0.1) is 12.8 Å². The molecule has 7 heteroatoms. The number of H-pyrrole nitrogens is 1. The van der Waals surface area contributed by atoms with Crippen LogP contribution < -0.4 is 9.64 Å². The van der Waals surface area contributed by atoms with Crippen molar-refractivity contribution in [2.75, 3.05) is 24.6 Å². The quantitative estimate of drug-likeness (QED) is 0.442. The van der Waals surface area contributed by atoms with E-state index in [-0.39, 0.29) is 0 Å². The largest absolute Gasteiger partial charge is 0.494 e. The van der Waals surface area contributed by atoms with Crippen LogP contribution in [0.4, 0.5) is 5.69 Å². The molecule has 3 aromatic rings. The van der Waals surface area contributed by atoms with Crippen LogP contribution >= 0.6 is 12.2 Å². The summed E-state index contributed by atoms with van der Waals surface area (Å²) in [6, 6.07) is 16.0. The van der Waals surface area contributed by atoms with Gasteiger partial charge in [0, 0.05) is 24.3 Å². The van der Waals surface area contributed by atoms with Crippen LogP contribution in [0.3, 0.4) is 0 Å². The normalized spacial score (nSPS) is 11.1. The average molecular weight is 396 g/mol. The van der Waals surface area contributed by atoms with E-state index in [1.54, 1.807) is 10.9 Å². The fourth-order valence-corrected chi connectivity index (χ4v) is 3.14. The van der Waals surface area contributed by atoms with Crippen LogP contribution in [0.15, 0.2) is 53.6 Å². The van der Waals surface area contributed by atoms with Crippen molar-refractivity contribution in [1.82, 2.24) is 14.9 Å². The summed E-state index contributed by atoms with van der Waals surface area (Å²) < 4.78 is 7.64. The Bertz CT molecular complexity index is 987. The van der Waals surface area contributed by atoms with Crippen LogP contribution in [0.2, 0.25) is 0 Å². The molecule has 0 aliphatic rings. The molecule has 1 N–H and O–H groups in total. The fraction of sp³-hybridized carbons (Fsp3) is 0.286. The highest BCUT2D eigenvalue weighted by molar-refractivity contribution is 7.71. The van der Waals surface area contributed by atoms with Gasteiger partial charge >= 0.3 is 0 Å². The molecule has 0 saturated carbocycles. The van der Waals surface area contributed by atoms with E-state index in [1.807, 2.05) is 31.2 Å². The van der Waals surface area contributed by atoms with Crippen LogP contribution in [0.1, 0.15) is 26.3 Å². The molecule has 0 saturated heterocycles. The number of aromatic amines is 1. The van der Waals surface area contributed by atoms with Gasteiger partial charge in [0.15, 0.2) is 5.82 Å². The van der Waals surface area contributed by atoms with Gasteiger partial charge in [0.25, 0.3) is 0 Å². The van der Waals surface area contributed by atoms with Gasteiger partial charge in [-0.15, -0.1) is 0 Å². The number of nitrogens with zero attached hydrogens (tertiary/aromatic N) is 4. The molecule has 2 aromatic carbocycles. The molecular formula is C21H25N5OS. The lowest BCUT2D eigenvalue weighted by Crippen LogP contribution is -2.21. The van der Waals surface area contributed by atoms with Gasteiger partial charge in [0.1, 0.15) is 5.75 Å². The first-order chi connectivity index (χ1) is 13.7. The molecule has 146 valence electrons. The molecule has 0 aliphatic carbocycles. The van der Waals surface area contributed by atoms with Crippen molar-refractivity contribution < 1.29 is 4.74 Å². The Morgan fingerprint density at radius 2 is 1.89 bits per heavy atom. The Hall–Kier alpha value is -2.93. The molecule has 0 radical (unpaired) electrons. The van der Waals surface area contributed by atoms with Gasteiger partial charge < -0.3 is 9.64 Å². The van der Waals surface area contributed by atoms with E-state index in [9.17, 15) is 0 Å². The summed E-state index contributed by atoms with van der Waals surface area (Å²) in [6.07, 6.45) is 1.78. The maximum atomic E-state index is 5.58. The second-order valence-corrected chi connectivity index (χ2v) is 6.52. The van der Waals surface area contributed by atoms with E-state index in [2.05, 4.69) is 58.3 Å². The van der Waals surface area contributed by atoms with Crippen molar-refractivity contribution in [2.24, 2.45) is 5.10 Å². The minimum atomic E-state index is 0.438. The van der Waals surface area contributed by atoms with Gasteiger partial charge in [-0.2, -0.15) is 14.9 Å². The summed E-state index contributed by atoms with van der Waals surface area (Å²) in [6.45, 7) is 8.84. The first kappa shape index (κ1) is 19.8. The minimum Gasteiger partial charge on any atom is -0.494 e. The average Bonchev–Trinajstić information content (AvgIpc) is 3.09. The number of rotatable bonds is 8. The summed E-state index contributed by atoms with van der Waals surface area (Å²) in [5, 5.41) is 11.7. The molecule has 28 heavy (non-hydrogen) atoms. The fourth-order valence-electron chi connectivity index (χ4n) is 2.96. The lowest BCUT2D eigenvalue weighted by molar-refractivity contribution is 0.340. The van der Waals surface area contributed by atoms with Gasteiger partial charge in [-0.3, -0.25) is 0 Å². The molecule has 0 spiro atoms. The molecule has 0 bridgehead atoms. The van der Waals surface area contributed by atoms with E-state index >= 15 is 0 Å². The van der Waals surface area contributed by atoms with Crippen LogP contribution in [0.5, 0.6) is 5.75 Å². The van der Waals surface area contributed by atoms with Gasteiger partial charge in [0.2, 0.25) is 4.77 Å². The molecule has 6 nitrogen and oxygen atoms in total. The van der Waals surface area contributed by atoms with Crippen molar-refractivity contribution in [1.29, 1.82) is 0 Å². The van der Waals surface area contributed by atoms with Crippen molar-refractivity contribution >= 4 is 24.1 Å². The van der Waals surface area contributed by atoms with Crippen molar-refractivity contribution in [3.05, 3.63) is 58.9 Å². The van der Waals surface area contributed by atoms with Crippen LogP contribution in [-0.2, 0) is 0 Å². The molecular weight excluding hydrogens is 370 g/mol. The Kier molecular flexibility index (Phi) is 6.60.